The summed E-state index contributed by atoms with van der Waals surface area (Å²) in [5, 5.41) is 4.01. The fraction of sp³-hybridized carbons (Fsp3) is 0.600. The number of nitrogens with two attached hydrogens (primary N) is 1. The lowest BCUT2D eigenvalue weighted by Gasteiger charge is -2.15. The normalized spacial score (nSPS) is 12.4. The van der Waals surface area contributed by atoms with E-state index in [0.29, 0.717) is 25.6 Å². The van der Waals surface area contributed by atoms with Gasteiger partial charge in [-0.25, -0.2) is 4.68 Å². The third-order valence-corrected chi connectivity index (χ3v) is 2.09. The summed E-state index contributed by atoms with van der Waals surface area (Å²) in [6, 6.07) is 2.93. The number of ether oxygens (including phenoxy) is 2. The smallest absolute Gasteiger partial charge is 0.267 e. The van der Waals surface area contributed by atoms with E-state index >= 15 is 0 Å². The highest BCUT2D eigenvalue weighted by Gasteiger charge is 2.09. The van der Waals surface area contributed by atoms with Gasteiger partial charge in [0.25, 0.3) is 5.56 Å². The summed E-state index contributed by atoms with van der Waals surface area (Å²) in [6.45, 7) is 3.12. The fourth-order valence-corrected chi connectivity index (χ4v) is 1.29. The van der Waals surface area contributed by atoms with Crippen molar-refractivity contribution in [3.05, 3.63) is 22.5 Å². The van der Waals surface area contributed by atoms with Crippen LogP contribution in [0.2, 0.25) is 0 Å². The van der Waals surface area contributed by atoms with Gasteiger partial charge >= 0.3 is 0 Å². The molecule has 0 bridgehead atoms. The van der Waals surface area contributed by atoms with Gasteiger partial charge in [0.05, 0.1) is 19.8 Å². The molecule has 2 N–H and O–H groups in total. The van der Waals surface area contributed by atoms with Crippen molar-refractivity contribution in [1.29, 1.82) is 0 Å². The molecule has 0 aromatic carbocycles. The van der Waals surface area contributed by atoms with E-state index < -0.39 is 0 Å². The van der Waals surface area contributed by atoms with Crippen LogP contribution >= 0.6 is 0 Å². The van der Waals surface area contributed by atoms with Crippen molar-refractivity contribution in [3.63, 3.8) is 0 Å². The van der Waals surface area contributed by atoms with Crippen LogP contribution in [0.1, 0.15) is 6.92 Å². The molecule has 90 valence electrons. The third-order valence-electron chi connectivity index (χ3n) is 2.09. The van der Waals surface area contributed by atoms with E-state index in [-0.39, 0.29) is 11.7 Å². The second-order valence-corrected chi connectivity index (χ2v) is 3.21. The average Bonchev–Trinajstić information content (AvgIpc) is 2.31. The summed E-state index contributed by atoms with van der Waals surface area (Å²) in [4.78, 5) is 11.5. The molecule has 0 saturated carbocycles. The van der Waals surface area contributed by atoms with Crippen molar-refractivity contribution in [2.24, 2.45) is 5.73 Å². The molecule has 0 fully saturated rings. The zero-order valence-electron chi connectivity index (χ0n) is 9.55. The predicted molar refractivity (Wildman–Crippen MR) is 59.5 cm³/mol. The van der Waals surface area contributed by atoms with Crippen molar-refractivity contribution in [3.8, 4) is 5.88 Å². The van der Waals surface area contributed by atoms with E-state index in [4.69, 9.17) is 15.2 Å². The summed E-state index contributed by atoms with van der Waals surface area (Å²) in [5.74, 6) is 0.395. The van der Waals surface area contributed by atoms with Gasteiger partial charge in [-0.3, -0.25) is 4.79 Å². The maximum atomic E-state index is 11.5. The van der Waals surface area contributed by atoms with E-state index in [1.54, 1.807) is 0 Å². The standard InChI is InChI=1S/C10H17N3O3/c1-3-16-8(6-11)7-13-10(14)5-4-9(12-13)15-2/h4-5,8H,3,6-7,11H2,1-2H3. The van der Waals surface area contributed by atoms with Crippen LogP contribution in [0.5, 0.6) is 5.88 Å². The minimum Gasteiger partial charge on any atom is -0.480 e. The Morgan fingerprint density at radius 2 is 2.31 bits per heavy atom. The topological polar surface area (TPSA) is 79.4 Å². The Kier molecular flexibility index (Phi) is 4.94. The number of hydrogen-bond acceptors (Lipinski definition) is 5. The van der Waals surface area contributed by atoms with Crippen molar-refractivity contribution in [2.45, 2.75) is 19.6 Å². The van der Waals surface area contributed by atoms with Crippen molar-refractivity contribution in [1.82, 2.24) is 9.78 Å². The first-order valence-corrected chi connectivity index (χ1v) is 5.15. The summed E-state index contributed by atoms with van der Waals surface area (Å²) < 4.78 is 11.6. The van der Waals surface area contributed by atoms with Crippen molar-refractivity contribution in [2.75, 3.05) is 20.3 Å². The number of aromatic nitrogens is 2. The van der Waals surface area contributed by atoms with Gasteiger partial charge in [0, 0.05) is 25.3 Å². The van der Waals surface area contributed by atoms with E-state index in [9.17, 15) is 4.79 Å². The Morgan fingerprint density at radius 1 is 1.56 bits per heavy atom. The highest BCUT2D eigenvalue weighted by atomic mass is 16.5. The fourth-order valence-electron chi connectivity index (χ4n) is 1.29. The molecular formula is C10H17N3O3. The van der Waals surface area contributed by atoms with Gasteiger partial charge in [-0.1, -0.05) is 0 Å². The first kappa shape index (κ1) is 12.7. The molecule has 1 heterocycles. The summed E-state index contributed by atoms with van der Waals surface area (Å²) in [5.41, 5.74) is 5.33. The quantitative estimate of drug-likeness (QED) is 0.716. The zero-order chi connectivity index (χ0) is 12.0. The molecule has 1 rings (SSSR count). The zero-order valence-corrected chi connectivity index (χ0v) is 9.55. The molecule has 1 aromatic rings. The highest BCUT2D eigenvalue weighted by molar-refractivity contribution is 5.06. The summed E-state index contributed by atoms with van der Waals surface area (Å²) >= 11 is 0. The molecule has 0 aliphatic carbocycles. The van der Waals surface area contributed by atoms with Crippen LogP contribution in [0.4, 0.5) is 0 Å². The molecule has 0 radical (unpaired) electrons. The monoisotopic (exact) mass is 227 g/mol. The second kappa shape index (κ2) is 6.24. The molecule has 16 heavy (non-hydrogen) atoms. The molecule has 1 atom stereocenters. The van der Waals surface area contributed by atoms with Crippen LogP contribution in [0, 0.1) is 0 Å². The van der Waals surface area contributed by atoms with Gasteiger partial charge in [0.2, 0.25) is 5.88 Å². The molecular weight excluding hydrogens is 210 g/mol. The van der Waals surface area contributed by atoms with Gasteiger partial charge < -0.3 is 15.2 Å². The van der Waals surface area contributed by atoms with Gasteiger partial charge in [-0.05, 0) is 6.92 Å². The molecule has 0 saturated heterocycles. The Morgan fingerprint density at radius 3 is 2.88 bits per heavy atom. The lowest BCUT2D eigenvalue weighted by Crippen LogP contribution is -2.34. The predicted octanol–water partition coefficient (Wildman–Crippen LogP) is -0.384. The minimum absolute atomic E-state index is 0.195. The molecule has 0 aliphatic heterocycles. The molecule has 6 heteroatoms. The Bertz CT molecular complexity index is 378. The van der Waals surface area contributed by atoms with E-state index in [0.717, 1.165) is 0 Å². The van der Waals surface area contributed by atoms with Crippen LogP contribution in [-0.4, -0.2) is 36.1 Å². The summed E-state index contributed by atoms with van der Waals surface area (Å²) in [6.07, 6.45) is -0.206. The maximum Gasteiger partial charge on any atom is 0.267 e. The second-order valence-electron chi connectivity index (χ2n) is 3.21. The largest absolute Gasteiger partial charge is 0.480 e. The molecule has 6 nitrogen and oxygen atoms in total. The van der Waals surface area contributed by atoms with E-state index in [1.807, 2.05) is 6.92 Å². The van der Waals surface area contributed by atoms with Gasteiger partial charge in [-0.2, -0.15) is 0 Å². The van der Waals surface area contributed by atoms with Crippen LogP contribution in [0.3, 0.4) is 0 Å². The number of methoxy groups -OCH3 is 1. The van der Waals surface area contributed by atoms with Crippen LogP contribution in [0.15, 0.2) is 16.9 Å². The van der Waals surface area contributed by atoms with Crippen LogP contribution in [0.25, 0.3) is 0 Å². The highest BCUT2D eigenvalue weighted by Crippen LogP contribution is 2.00. The first-order chi connectivity index (χ1) is 7.71. The van der Waals surface area contributed by atoms with E-state index in [1.165, 1.54) is 23.9 Å². The average molecular weight is 227 g/mol. The molecule has 0 amide bonds. The van der Waals surface area contributed by atoms with Gasteiger partial charge in [0.15, 0.2) is 0 Å². The lowest BCUT2D eigenvalue weighted by atomic mass is 10.3. The van der Waals surface area contributed by atoms with Gasteiger partial charge in [-0.15, -0.1) is 5.10 Å². The minimum atomic E-state index is -0.206. The first-order valence-electron chi connectivity index (χ1n) is 5.15. The van der Waals surface area contributed by atoms with E-state index in [2.05, 4.69) is 5.10 Å². The Labute approximate surface area is 94.0 Å². The van der Waals surface area contributed by atoms with Crippen molar-refractivity contribution < 1.29 is 9.47 Å². The number of rotatable bonds is 6. The van der Waals surface area contributed by atoms with Gasteiger partial charge in [0.1, 0.15) is 0 Å². The molecule has 1 unspecified atom stereocenters. The van der Waals surface area contributed by atoms with Crippen LogP contribution < -0.4 is 16.0 Å². The summed E-state index contributed by atoms with van der Waals surface area (Å²) in [7, 11) is 1.50. The molecule has 1 aromatic heterocycles. The van der Waals surface area contributed by atoms with Crippen molar-refractivity contribution >= 4 is 0 Å². The maximum absolute atomic E-state index is 11.5. The molecule has 0 spiro atoms. The Hall–Kier alpha value is -1.40. The van der Waals surface area contributed by atoms with Crippen LogP contribution in [-0.2, 0) is 11.3 Å². The SMILES string of the molecule is CCOC(CN)Cn1nc(OC)ccc1=O. The Balaban J connectivity index is 2.81. The third kappa shape index (κ3) is 3.32. The molecule has 0 aliphatic rings. The lowest BCUT2D eigenvalue weighted by molar-refractivity contribution is 0.0527. The number of hydrogen-bond donors (Lipinski definition) is 1. The number of nitrogens with zero attached hydrogens (tertiary/aromatic N) is 2.